The summed E-state index contributed by atoms with van der Waals surface area (Å²) < 4.78 is 12.5. The molecule has 0 fully saturated rings. The molecule has 41 heavy (non-hydrogen) atoms. The van der Waals surface area contributed by atoms with E-state index in [1.165, 1.54) is 7.05 Å². The Labute approximate surface area is 239 Å². The molecule has 0 aliphatic carbocycles. The number of anilines is 1. The quantitative estimate of drug-likeness (QED) is 0.286. The lowest BCUT2D eigenvalue weighted by molar-refractivity contribution is -0.130. The van der Waals surface area contributed by atoms with E-state index in [-0.39, 0.29) is 17.4 Å². The highest BCUT2D eigenvalue weighted by molar-refractivity contribution is 6.02. The SMILES string of the molecule is CCCc1nc2ccc(NC(=O)N(C)C(=O)C(C)C)cc2c(=O)n1C(c1ccc(OC)cc1)c1ccc(OC)cc1. The number of hydrogen-bond donors (Lipinski definition) is 1. The van der Waals surface area contributed by atoms with Gasteiger partial charge >= 0.3 is 6.03 Å². The number of nitrogens with one attached hydrogen (secondary N) is 1. The van der Waals surface area contributed by atoms with E-state index in [1.54, 1.807) is 50.8 Å². The lowest BCUT2D eigenvalue weighted by Crippen LogP contribution is -2.39. The van der Waals surface area contributed by atoms with Gasteiger partial charge in [-0.3, -0.25) is 19.1 Å². The number of benzene rings is 3. The van der Waals surface area contributed by atoms with Gasteiger partial charge in [0.05, 0.1) is 31.2 Å². The Balaban J connectivity index is 1.88. The van der Waals surface area contributed by atoms with Gasteiger partial charge < -0.3 is 14.8 Å². The van der Waals surface area contributed by atoms with Crippen LogP contribution in [0.25, 0.3) is 10.9 Å². The number of rotatable bonds is 9. The first-order chi connectivity index (χ1) is 19.7. The number of methoxy groups -OCH3 is 2. The second-order valence-electron chi connectivity index (χ2n) is 10.1. The number of hydrogen-bond acceptors (Lipinski definition) is 6. The fourth-order valence-corrected chi connectivity index (χ4v) is 4.75. The molecular weight excluding hydrogens is 520 g/mol. The van der Waals surface area contributed by atoms with Crippen molar-refractivity contribution < 1.29 is 19.1 Å². The average molecular weight is 557 g/mol. The van der Waals surface area contributed by atoms with Gasteiger partial charge in [0.25, 0.3) is 5.56 Å². The first-order valence-corrected chi connectivity index (χ1v) is 13.6. The van der Waals surface area contributed by atoms with Gasteiger partial charge in [0.1, 0.15) is 17.3 Å². The van der Waals surface area contributed by atoms with E-state index in [2.05, 4.69) is 5.32 Å². The maximum Gasteiger partial charge on any atom is 0.328 e. The van der Waals surface area contributed by atoms with Crippen molar-refractivity contribution in [2.45, 2.75) is 39.7 Å². The van der Waals surface area contributed by atoms with Crippen LogP contribution in [0.15, 0.2) is 71.5 Å². The van der Waals surface area contributed by atoms with E-state index >= 15 is 0 Å². The highest BCUT2D eigenvalue weighted by Gasteiger charge is 2.24. The fraction of sp³-hybridized carbons (Fsp3) is 0.312. The summed E-state index contributed by atoms with van der Waals surface area (Å²) in [6.07, 6.45) is 1.38. The number of urea groups is 1. The number of amides is 3. The summed E-state index contributed by atoms with van der Waals surface area (Å²) in [6, 6.07) is 19.2. The number of carbonyl (C=O) groups excluding carboxylic acids is 2. The van der Waals surface area contributed by atoms with E-state index in [0.717, 1.165) is 22.4 Å². The lowest BCUT2D eigenvalue weighted by Gasteiger charge is -2.25. The Hall–Kier alpha value is -4.66. The topological polar surface area (TPSA) is 103 Å². The Morgan fingerprint density at radius 2 is 1.49 bits per heavy atom. The van der Waals surface area contributed by atoms with Crippen LogP contribution in [0, 0.1) is 5.92 Å². The molecule has 4 rings (SSSR count). The molecule has 0 saturated carbocycles. The average Bonchev–Trinajstić information content (AvgIpc) is 2.99. The smallest absolute Gasteiger partial charge is 0.328 e. The highest BCUT2D eigenvalue weighted by atomic mass is 16.5. The van der Waals surface area contributed by atoms with Gasteiger partial charge in [0.2, 0.25) is 5.91 Å². The number of imide groups is 1. The molecule has 0 radical (unpaired) electrons. The second kappa shape index (κ2) is 12.7. The van der Waals surface area contributed by atoms with Crippen molar-refractivity contribution in [3.63, 3.8) is 0 Å². The van der Waals surface area contributed by atoms with Crippen LogP contribution in [-0.2, 0) is 11.2 Å². The zero-order chi connectivity index (χ0) is 29.7. The van der Waals surface area contributed by atoms with E-state index in [1.807, 2.05) is 55.5 Å². The largest absolute Gasteiger partial charge is 0.497 e. The molecule has 3 amide bonds. The van der Waals surface area contributed by atoms with Gasteiger partial charge in [-0.25, -0.2) is 9.78 Å². The van der Waals surface area contributed by atoms with Crippen molar-refractivity contribution in [1.29, 1.82) is 0 Å². The van der Waals surface area contributed by atoms with E-state index in [9.17, 15) is 14.4 Å². The lowest BCUT2D eigenvalue weighted by atomic mass is 9.97. The van der Waals surface area contributed by atoms with Crippen LogP contribution in [0.2, 0.25) is 0 Å². The van der Waals surface area contributed by atoms with Gasteiger partial charge in [0.15, 0.2) is 0 Å². The third-order valence-electron chi connectivity index (χ3n) is 6.95. The third kappa shape index (κ3) is 6.24. The number of aromatic nitrogens is 2. The first kappa shape index (κ1) is 29.3. The van der Waals surface area contributed by atoms with Gasteiger partial charge in [-0.05, 0) is 60.0 Å². The Kier molecular flexibility index (Phi) is 9.07. The van der Waals surface area contributed by atoms with Gasteiger partial charge in [-0.15, -0.1) is 0 Å². The molecule has 0 unspecified atom stereocenters. The minimum Gasteiger partial charge on any atom is -0.497 e. The zero-order valence-corrected chi connectivity index (χ0v) is 24.3. The number of fused-ring (bicyclic) bond motifs is 1. The summed E-state index contributed by atoms with van der Waals surface area (Å²) >= 11 is 0. The zero-order valence-electron chi connectivity index (χ0n) is 24.3. The van der Waals surface area contributed by atoms with E-state index < -0.39 is 12.1 Å². The van der Waals surface area contributed by atoms with Crippen LogP contribution in [-0.4, -0.2) is 47.7 Å². The summed E-state index contributed by atoms with van der Waals surface area (Å²) in [5.41, 5.74) is 2.45. The maximum atomic E-state index is 14.3. The van der Waals surface area contributed by atoms with Crippen LogP contribution in [0.3, 0.4) is 0 Å². The monoisotopic (exact) mass is 556 g/mol. The van der Waals surface area contributed by atoms with Crippen molar-refractivity contribution in [3.8, 4) is 11.5 Å². The molecular formula is C32H36N4O5. The Morgan fingerprint density at radius 1 is 0.927 bits per heavy atom. The minimum absolute atomic E-state index is 0.238. The van der Waals surface area contributed by atoms with E-state index in [0.29, 0.717) is 40.3 Å². The highest BCUT2D eigenvalue weighted by Crippen LogP contribution is 2.30. The van der Waals surface area contributed by atoms with Crippen molar-refractivity contribution in [2.75, 3.05) is 26.6 Å². The van der Waals surface area contributed by atoms with Gasteiger partial charge in [-0.1, -0.05) is 45.0 Å². The summed E-state index contributed by atoms with van der Waals surface area (Å²) in [5, 5.41) is 3.09. The molecule has 0 saturated heterocycles. The predicted molar refractivity (Wildman–Crippen MR) is 160 cm³/mol. The molecule has 1 N–H and O–H groups in total. The van der Waals surface area contributed by atoms with Gasteiger partial charge in [0, 0.05) is 25.1 Å². The Bertz CT molecular complexity index is 1550. The predicted octanol–water partition coefficient (Wildman–Crippen LogP) is 5.65. The maximum absolute atomic E-state index is 14.3. The summed E-state index contributed by atoms with van der Waals surface area (Å²) in [7, 11) is 4.65. The molecule has 0 spiro atoms. The first-order valence-electron chi connectivity index (χ1n) is 13.6. The molecule has 4 aromatic rings. The van der Waals surface area contributed by atoms with Crippen molar-refractivity contribution in [1.82, 2.24) is 14.5 Å². The minimum atomic E-state index is -0.576. The summed E-state index contributed by atoms with van der Waals surface area (Å²) in [6.45, 7) is 5.50. The molecule has 0 aliphatic heterocycles. The fourth-order valence-electron chi connectivity index (χ4n) is 4.75. The van der Waals surface area contributed by atoms with Crippen LogP contribution in [0.4, 0.5) is 10.5 Å². The molecule has 9 heteroatoms. The molecule has 0 bridgehead atoms. The van der Waals surface area contributed by atoms with E-state index in [4.69, 9.17) is 14.5 Å². The summed E-state index contributed by atoms with van der Waals surface area (Å²) in [4.78, 5) is 45.3. The second-order valence-corrected chi connectivity index (χ2v) is 10.1. The normalized spacial score (nSPS) is 11.1. The third-order valence-corrected chi connectivity index (χ3v) is 6.95. The van der Waals surface area contributed by atoms with Crippen molar-refractivity contribution in [2.24, 2.45) is 5.92 Å². The van der Waals surface area contributed by atoms with Crippen LogP contribution in [0.5, 0.6) is 11.5 Å². The van der Waals surface area contributed by atoms with Crippen LogP contribution in [0.1, 0.15) is 50.2 Å². The molecule has 9 nitrogen and oxygen atoms in total. The summed E-state index contributed by atoms with van der Waals surface area (Å²) in [5.74, 6) is 1.44. The van der Waals surface area contributed by atoms with Gasteiger partial charge in [-0.2, -0.15) is 0 Å². The number of ether oxygens (including phenoxy) is 2. The molecule has 0 aliphatic rings. The molecule has 3 aromatic carbocycles. The molecule has 1 heterocycles. The van der Waals surface area contributed by atoms with Crippen LogP contribution < -0.4 is 20.3 Å². The number of nitrogens with zero attached hydrogens (tertiary/aromatic N) is 3. The molecule has 214 valence electrons. The standard InChI is InChI=1S/C32H36N4O5/c1-7-8-28-34-27-18-13-23(33-32(39)35(4)30(37)20(2)3)19-26(27)31(38)36(28)29(21-9-14-24(40-5)15-10-21)22-11-16-25(41-6)17-12-22/h9-20,29H,7-8H2,1-6H3,(H,33,39). The number of carbonyl (C=O) groups is 2. The Morgan fingerprint density at radius 3 is 1.98 bits per heavy atom. The van der Waals surface area contributed by atoms with Crippen molar-refractivity contribution >= 4 is 28.5 Å². The van der Waals surface area contributed by atoms with Crippen molar-refractivity contribution in [3.05, 3.63) is 94.0 Å². The molecule has 1 aromatic heterocycles. The number of aryl methyl sites for hydroxylation is 1. The molecule has 0 atom stereocenters. The van der Waals surface area contributed by atoms with Crippen LogP contribution >= 0.6 is 0 Å².